The molecule has 207 valence electrons. The molecule has 4 N–H and O–H groups in total. The molecule has 0 spiro atoms. The SMILES string of the molecule is CCN(CCO)C(=S)NC(=O)c1ccnc([S-])c1.CCN(CCO)C(=S)NC(=O)c1ccnc([S-])c1.[Au]. The number of nitrogens with one attached hydrogen (secondary N) is 2. The van der Waals surface area contributed by atoms with Crippen LogP contribution < -0.4 is 10.6 Å². The van der Waals surface area contributed by atoms with Crippen molar-refractivity contribution < 1.29 is 42.2 Å². The average Bonchev–Trinajstić information content (AvgIpc) is 2.85. The molecule has 0 saturated carbocycles. The van der Waals surface area contributed by atoms with Crippen molar-refractivity contribution in [2.24, 2.45) is 0 Å². The first-order valence-corrected chi connectivity index (χ1v) is 12.5. The van der Waals surface area contributed by atoms with Crippen LogP contribution in [0.5, 0.6) is 0 Å². The van der Waals surface area contributed by atoms with Crippen LogP contribution in [0.25, 0.3) is 0 Å². The summed E-state index contributed by atoms with van der Waals surface area (Å²) in [6, 6.07) is 6.15. The number of hydrogen-bond donors (Lipinski definition) is 4. The van der Waals surface area contributed by atoms with Crippen molar-refractivity contribution in [2.45, 2.75) is 23.9 Å². The number of carbonyl (C=O) groups excluding carboxylic acids is 2. The summed E-state index contributed by atoms with van der Waals surface area (Å²) in [5.74, 6) is -0.658. The third-order valence-electron chi connectivity index (χ3n) is 4.51. The van der Waals surface area contributed by atoms with Gasteiger partial charge in [-0.2, -0.15) is 0 Å². The Labute approximate surface area is 254 Å². The minimum atomic E-state index is -0.329. The summed E-state index contributed by atoms with van der Waals surface area (Å²) in [4.78, 5) is 34.8. The number of rotatable bonds is 8. The monoisotopic (exact) mass is 765 g/mol. The zero-order chi connectivity index (χ0) is 27.1. The number of nitrogens with zero attached hydrogens (tertiary/aromatic N) is 4. The first-order valence-electron chi connectivity index (χ1n) is 10.8. The quantitative estimate of drug-likeness (QED) is 0.171. The first-order chi connectivity index (χ1) is 17.2. The largest absolute Gasteiger partial charge is 0.760 e. The number of aromatic nitrogens is 2. The second-order valence-electron chi connectivity index (χ2n) is 6.89. The molecule has 0 unspecified atom stereocenters. The second-order valence-corrected chi connectivity index (χ2v) is 8.50. The number of carbonyl (C=O) groups is 2. The van der Waals surface area contributed by atoms with Crippen molar-refractivity contribution in [1.29, 1.82) is 0 Å². The van der Waals surface area contributed by atoms with E-state index in [1.807, 2.05) is 13.8 Å². The molecule has 0 bridgehead atoms. The fourth-order valence-corrected chi connectivity index (χ4v) is 3.65. The van der Waals surface area contributed by atoms with Gasteiger partial charge in [0.1, 0.15) is 0 Å². The fourth-order valence-electron chi connectivity index (χ4n) is 2.65. The molecule has 0 atom stereocenters. The van der Waals surface area contributed by atoms with Gasteiger partial charge in [0.15, 0.2) is 10.2 Å². The molecular formula is C22H28AuN6O4S4-2. The number of pyridine rings is 2. The van der Waals surface area contributed by atoms with Crippen LogP contribution in [0.4, 0.5) is 0 Å². The zero-order valence-corrected chi connectivity index (χ0v) is 25.6. The molecule has 0 aliphatic rings. The van der Waals surface area contributed by atoms with Crippen molar-refractivity contribution in [3.8, 4) is 0 Å². The second kappa shape index (κ2) is 19.2. The Morgan fingerprint density at radius 3 is 1.46 bits per heavy atom. The van der Waals surface area contributed by atoms with E-state index in [0.29, 0.717) is 57.6 Å². The van der Waals surface area contributed by atoms with Gasteiger partial charge in [-0.25, -0.2) is 0 Å². The third-order valence-corrected chi connectivity index (χ3v) is 5.68. The molecule has 37 heavy (non-hydrogen) atoms. The van der Waals surface area contributed by atoms with Gasteiger partial charge in [0, 0.05) is 72.1 Å². The predicted molar refractivity (Wildman–Crippen MR) is 149 cm³/mol. The van der Waals surface area contributed by atoms with Gasteiger partial charge in [0.05, 0.1) is 13.2 Å². The molecule has 2 aromatic rings. The van der Waals surface area contributed by atoms with Crippen LogP contribution in [0, 0.1) is 0 Å². The Morgan fingerprint density at radius 1 is 0.838 bits per heavy atom. The van der Waals surface area contributed by atoms with Gasteiger partial charge in [0.25, 0.3) is 11.8 Å². The fraction of sp³-hybridized carbons (Fsp3) is 0.364. The van der Waals surface area contributed by atoms with E-state index in [9.17, 15) is 9.59 Å². The maximum atomic E-state index is 11.9. The van der Waals surface area contributed by atoms with Crippen molar-refractivity contribution in [2.75, 3.05) is 39.4 Å². The molecule has 0 aliphatic carbocycles. The number of amides is 2. The number of likely N-dealkylation sites (N-methyl/N-ethyl adjacent to an activating group) is 2. The van der Waals surface area contributed by atoms with E-state index in [2.05, 4.69) is 20.6 Å². The van der Waals surface area contributed by atoms with E-state index in [1.165, 1.54) is 24.5 Å². The van der Waals surface area contributed by atoms with E-state index in [-0.39, 0.29) is 47.4 Å². The topological polar surface area (TPSA) is 131 Å². The molecule has 1 radical (unpaired) electrons. The van der Waals surface area contributed by atoms with Crippen LogP contribution in [0.1, 0.15) is 34.6 Å². The summed E-state index contributed by atoms with van der Waals surface area (Å²) in [7, 11) is 0. The molecule has 2 amide bonds. The number of hydrogen-bond acceptors (Lipinski definition) is 10. The van der Waals surface area contributed by atoms with Crippen molar-refractivity contribution >= 4 is 71.7 Å². The van der Waals surface area contributed by atoms with E-state index in [1.54, 1.807) is 21.9 Å². The normalized spacial score (nSPS) is 9.62. The Balaban J connectivity index is 0.000000682. The summed E-state index contributed by atoms with van der Waals surface area (Å²) < 4.78 is 0. The van der Waals surface area contributed by atoms with Gasteiger partial charge in [-0.15, -0.1) is 0 Å². The molecule has 0 aliphatic heterocycles. The number of aliphatic hydroxyl groups is 2. The van der Waals surface area contributed by atoms with Gasteiger partial charge in [0.2, 0.25) is 0 Å². The maximum Gasteiger partial charge on any atom is 0.257 e. The van der Waals surface area contributed by atoms with Crippen LogP contribution in [-0.4, -0.2) is 91.4 Å². The zero-order valence-electron chi connectivity index (χ0n) is 20.1. The van der Waals surface area contributed by atoms with Gasteiger partial charge < -0.3 is 45.3 Å². The van der Waals surface area contributed by atoms with Crippen molar-refractivity contribution in [1.82, 2.24) is 30.4 Å². The summed E-state index contributed by atoms with van der Waals surface area (Å²) in [5, 5.41) is 24.2. The predicted octanol–water partition coefficient (Wildman–Crippen LogP) is 0.630. The molecule has 2 rings (SSSR count). The molecular weight excluding hydrogens is 738 g/mol. The van der Waals surface area contributed by atoms with E-state index >= 15 is 0 Å². The Morgan fingerprint density at radius 2 is 1.19 bits per heavy atom. The average molecular weight is 766 g/mol. The van der Waals surface area contributed by atoms with Gasteiger partial charge in [-0.3, -0.25) is 30.2 Å². The molecule has 2 aromatic heterocycles. The van der Waals surface area contributed by atoms with Gasteiger partial charge in [-0.05, 0) is 50.4 Å². The third kappa shape index (κ3) is 13.0. The summed E-state index contributed by atoms with van der Waals surface area (Å²) in [6.07, 6.45) is 2.96. The first kappa shape index (κ1) is 35.1. The maximum absolute atomic E-state index is 11.9. The summed E-state index contributed by atoms with van der Waals surface area (Å²) in [5.41, 5.74) is 0.829. The molecule has 2 heterocycles. The Hall–Kier alpha value is -1.88. The molecule has 0 saturated heterocycles. The minimum Gasteiger partial charge on any atom is -0.760 e. The van der Waals surface area contributed by atoms with E-state index in [0.717, 1.165) is 0 Å². The standard InChI is InChI=1S/2C11H15N3O2S2.Au/c2*1-2-14(5-6-15)11(18)13-10(16)8-3-4-12-9(17)7-8;/h2*3-4,7,15H,2,5-6H2,1H3,(H,12,17)(H,13,16,18);/p-2. The van der Waals surface area contributed by atoms with Crippen LogP contribution in [0.15, 0.2) is 46.7 Å². The molecule has 10 nitrogen and oxygen atoms in total. The van der Waals surface area contributed by atoms with Crippen molar-refractivity contribution in [3.63, 3.8) is 0 Å². The minimum absolute atomic E-state index is 0. The van der Waals surface area contributed by atoms with Crippen LogP contribution in [-0.2, 0) is 47.6 Å². The van der Waals surface area contributed by atoms with Crippen molar-refractivity contribution in [3.05, 3.63) is 47.8 Å². The Kier molecular flexibility index (Phi) is 18.3. The van der Waals surface area contributed by atoms with E-state index in [4.69, 9.17) is 59.9 Å². The van der Waals surface area contributed by atoms with Gasteiger partial charge >= 0.3 is 0 Å². The van der Waals surface area contributed by atoms with Crippen LogP contribution in [0.2, 0.25) is 0 Å². The number of aliphatic hydroxyl groups excluding tert-OH is 2. The Bertz CT molecular complexity index is 968. The summed E-state index contributed by atoms with van der Waals surface area (Å²) in [6.45, 7) is 5.75. The van der Waals surface area contributed by atoms with Crippen LogP contribution in [0.3, 0.4) is 0 Å². The summed E-state index contributed by atoms with van der Waals surface area (Å²) >= 11 is 19.9. The molecule has 0 aromatic carbocycles. The van der Waals surface area contributed by atoms with E-state index < -0.39 is 0 Å². The smallest absolute Gasteiger partial charge is 0.257 e. The van der Waals surface area contributed by atoms with Gasteiger partial charge in [-0.1, -0.05) is 22.2 Å². The van der Waals surface area contributed by atoms with Crippen LogP contribution >= 0.6 is 24.4 Å². The molecule has 15 heteroatoms. The molecule has 0 fully saturated rings. The number of thiocarbonyl (C=S) groups is 2.